The summed E-state index contributed by atoms with van der Waals surface area (Å²) in [4.78, 5) is 27.3. The summed E-state index contributed by atoms with van der Waals surface area (Å²) in [6.07, 6.45) is 1.86. The first-order chi connectivity index (χ1) is 11.0. The van der Waals surface area contributed by atoms with Gasteiger partial charge in [-0.25, -0.2) is 9.78 Å². The third-order valence-electron chi connectivity index (χ3n) is 2.93. The number of carbonyl (C=O) groups is 2. The van der Waals surface area contributed by atoms with Gasteiger partial charge in [-0.1, -0.05) is 25.2 Å². The molecule has 122 valence electrons. The number of rotatable bonds is 7. The van der Waals surface area contributed by atoms with Crippen LogP contribution in [0.3, 0.4) is 0 Å². The molecule has 2 aromatic rings. The fraction of sp³-hybridized carbons (Fsp3) is 0.357. The van der Waals surface area contributed by atoms with Crippen LogP contribution >= 0.6 is 11.3 Å². The number of nitrogens with one attached hydrogen (secondary N) is 2. The van der Waals surface area contributed by atoms with Gasteiger partial charge in [0.25, 0.3) is 5.91 Å². The molecular formula is C14H17N5O3S. The van der Waals surface area contributed by atoms with E-state index in [1.165, 1.54) is 23.0 Å². The van der Waals surface area contributed by atoms with Crippen LogP contribution in [0.25, 0.3) is 0 Å². The number of hydrogen-bond donors (Lipinski definition) is 3. The molecule has 0 aliphatic heterocycles. The fourth-order valence-electron chi connectivity index (χ4n) is 1.88. The van der Waals surface area contributed by atoms with Crippen LogP contribution in [0.4, 0.5) is 10.9 Å². The quantitative estimate of drug-likeness (QED) is 0.709. The molecular weight excluding hydrogens is 318 g/mol. The predicted octanol–water partition coefficient (Wildman–Crippen LogP) is 2.10. The molecule has 0 aliphatic rings. The zero-order chi connectivity index (χ0) is 16.8. The zero-order valence-corrected chi connectivity index (χ0v) is 13.5. The van der Waals surface area contributed by atoms with Crippen LogP contribution in [0.2, 0.25) is 0 Å². The molecule has 0 spiro atoms. The highest BCUT2D eigenvalue weighted by Gasteiger charge is 2.19. The number of carbonyl (C=O) groups excluding carboxylic acids is 1. The molecule has 0 aromatic carbocycles. The molecule has 1 unspecified atom stereocenters. The lowest BCUT2D eigenvalue weighted by Gasteiger charge is -2.17. The maximum absolute atomic E-state index is 12.0. The van der Waals surface area contributed by atoms with Gasteiger partial charge in [0.05, 0.1) is 5.56 Å². The van der Waals surface area contributed by atoms with E-state index in [1.54, 1.807) is 12.1 Å². The van der Waals surface area contributed by atoms with Crippen molar-refractivity contribution in [1.82, 2.24) is 15.2 Å². The van der Waals surface area contributed by atoms with Crippen LogP contribution in [0.15, 0.2) is 23.8 Å². The lowest BCUT2D eigenvalue weighted by atomic mass is 10.0. The molecule has 9 heteroatoms. The minimum atomic E-state index is -0.932. The number of aliphatic carboxylic acids is 1. The summed E-state index contributed by atoms with van der Waals surface area (Å²) in [7, 11) is 0. The van der Waals surface area contributed by atoms with Crippen molar-refractivity contribution in [1.29, 1.82) is 0 Å². The number of nitrogens with zero attached hydrogens (tertiary/aromatic N) is 3. The SMILES string of the molecule is CC(C)CC(Nc1ccc(C(=O)Nc2nncs2)cn1)C(=O)O. The Kier molecular flexibility index (Phi) is 5.58. The van der Waals surface area contributed by atoms with Crippen molar-refractivity contribution in [3.8, 4) is 0 Å². The fourth-order valence-corrected chi connectivity index (χ4v) is 2.32. The monoisotopic (exact) mass is 335 g/mol. The smallest absolute Gasteiger partial charge is 0.326 e. The summed E-state index contributed by atoms with van der Waals surface area (Å²) in [6.45, 7) is 3.90. The number of aromatic nitrogens is 3. The molecule has 0 fully saturated rings. The van der Waals surface area contributed by atoms with Crippen molar-refractivity contribution in [3.05, 3.63) is 29.4 Å². The topological polar surface area (TPSA) is 117 Å². The van der Waals surface area contributed by atoms with E-state index in [2.05, 4.69) is 25.8 Å². The van der Waals surface area contributed by atoms with Crippen molar-refractivity contribution in [2.75, 3.05) is 10.6 Å². The summed E-state index contributed by atoms with van der Waals surface area (Å²) >= 11 is 1.21. The van der Waals surface area contributed by atoms with Crippen molar-refractivity contribution < 1.29 is 14.7 Å². The Hall–Kier alpha value is -2.55. The van der Waals surface area contributed by atoms with E-state index in [9.17, 15) is 14.7 Å². The molecule has 0 saturated carbocycles. The standard InChI is InChI=1S/C14H17N5O3S/c1-8(2)5-10(13(21)22)17-11-4-3-9(6-15-11)12(20)18-14-19-16-7-23-14/h3-4,6-8,10H,5H2,1-2H3,(H,15,17)(H,21,22)(H,18,19,20). The molecule has 23 heavy (non-hydrogen) atoms. The third-order valence-corrected chi connectivity index (χ3v) is 3.54. The van der Waals surface area contributed by atoms with E-state index in [4.69, 9.17) is 0 Å². The molecule has 0 bridgehead atoms. The van der Waals surface area contributed by atoms with Crippen molar-refractivity contribution in [2.45, 2.75) is 26.3 Å². The van der Waals surface area contributed by atoms with Crippen molar-refractivity contribution in [3.63, 3.8) is 0 Å². The molecule has 8 nitrogen and oxygen atoms in total. The van der Waals surface area contributed by atoms with Gasteiger partial charge in [-0.3, -0.25) is 10.1 Å². The molecule has 3 N–H and O–H groups in total. The van der Waals surface area contributed by atoms with Gasteiger partial charge in [-0.2, -0.15) is 0 Å². The van der Waals surface area contributed by atoms with Crippen LogP contribution in [0.1, 0.15) is 30.6 Å². The second-order valence-electron chi connectivity index (χ2n) is 5.29. The first-order valence-corrected chi connectivity index (χ1v) is 7.86. The Morgan fingerprint density at radius 2 is 2.13 bits per heavy atom. The van der Waals surface area contributed by atoms with Gasteiger partial charge < -0.3 is 10.4 Å². The minimum absolute atomic E-state index is 0.237. The second-order valence-corrected chi connectivity index (χ2v) is 6.13. The molecule has 2 heterocycles. The molecule has 0 aliphatic carbocycles. The van der Waals surface area contributed by atoms with Crippen LogP contribution in [-0.4, -0.2) is 38.2 Å². The summed E-state index contributed by atoms with van der Waals surface area (Å²) in [5.74, 6) is -0.637. The highest BCUT2D eigenvalue weighted by molar-refractivity contribution is 7.13. The van der Waals surface area contributed by atoms with Crippen molar-refractivity contribution >= 4 is 34.2 Å². The van der Waals surface area contributed by atoms with E-state index in [0.29, 0.717) is 22.9 Å². The maximum Gasteiger partial charge on any atom is 0.326 e. The number of pyridine rings is 1. The first kappa shape index (κ1) is 16.8. The largest absolute Gasteiger partial charge is 0.480 e. The maximum atomic E-state index is 12.0. The van der Waals surface area contributed by atoms with E-state index in [0.717, 1.165) is 0 Å². The Morgan fingerprint density at radius 3 is 2.65 bits per heavy atom. The van der Waals surface area contributed by atoms with Crippen LogP contribution in [-0.2, 0) is 4.79 Å². The Morgan fingerprint density at radius 1 is 1.35 bits per heavy atom. The predicted molar refractivity (Wildman–Crippen MR) is 86.6 cm³/mol. The highest BCUT2D eigenvalue weighted by atomic mass is 32.1. The molecule has 1 atom stereocenters. The summed E-state index contributed by atoms with van der Waals surface area (Å²) < 4.78 is 0. The van der Waals surface area contributed by atoms with Gasteiger partial charge in [0.2, 0.25) is 5.13 Å². The Bertz CT molecular complexity index is 658. The number of anilines is 2. The normalized spacial score (nSPS) is 12.0. The molecule has 0 saturated heterocycles. The minimum Gasteiger partial charge on any atom is -0.480 e. The van der Waals surface area contributed by atoms with Crippen LogP contribution in [0.5, 0.6) is 0 Å². The first-order valence-electron chi connectivity index (χ1n) is 6.98. The van der Waals surface area contributed by atoms with E-state index in [-0.39, 0.29) is 11.8 Å². The van der Waals surface area contributed by atoms with Gasteiger partial charge >= 0.3 is 5.97 Å². The molecule has 2 aromatic heterocycles. The lowest BCUT2D eigenvalue weighted by Crippen LogP contribution is -2.31. The average molecular weight is 335 g/mol. The number of amides is 1. The average Bonchev–Trinajstić information content (AvgIpc) is 2.99. The third kappa shape index (κ3) is 4.99. The molecule has 1 amide bonds. The van der Waals surface area contributed by atoms with E-state index < -0.39 is 12.0 Å². The van der Waals surface area contributed by atoms with E-state index >= 15 is 0 Å². The van der Waals surface area contributed by atoms with Crippen molar-refractivity contribution in [2.24, 2.45) is 5.92 Å². The van der Waals surface area contributed by atoms with Crippen LogP contribution < -0.4 is 10.6 Å². The zero-order valence-electron chi connectivity index (χ0n) is 12.7. The summed E-state index contributed by atoms with van der Waals surface area (Å²) in [5, 5.41) is 22.4. The highest BCUT2D eigenvalue weighted by Crippen LogP contribution is 2.14. The summed E-state index contributed by atoms with van der Waals surface area (Å²) in [6, 6.07) is 2.43. The van der Waals surface area contributed by atoms with Gasteiger partial charge in [-0.05, 0) is 24.5 Å². The Labute approximate surface area is 137 Å². The molecule has 2 rings (SSSR count). The lowest BCUT2D eigenvalue weighted by molar-refractivity contribution is -0.138. The second kappa shape index (κ2) is 7.63. The molecule has 0 radical (unpaired) electrons. The van der Waals surface area contributed by atoms with Crippen LogP contribution in [0, 0.1) is 5.92 Å². The number of carboxylic acids is 1. The van der Waals surface area contributed by atoms with Gasteiger partial charge in [-0.15, -0.1) is 10.2 Å². The number of hydrogen-bond acceptors (Lipinski definition) is 7. The summed E-state index contributed by atoms with van der Waals surface area (Å²) in [5.41, 5.74) is 1.86. The van der Waals surface area contributed by atoms with E-state index in [1.807, 2.05) is 13.8 Å². The van der Waals surface area contributed by atoms with Gasteiger partial charge in [0, 0.05) is 6.20 Å². The van der Waals surface area contributed by atoms with Gasteiger partial charge in [0.15, 0.2) is 0 Å². The number of carboxylic acid groups (broad SMARTS) is 1. The Balaban J connectivity index is 2.00. The van der Waals surface area contributed by atoms with Gasteiger partial charge in [0.1, 0.15) is 17.4 Å².